The van der Waals surface area contributed by atoms with Crippen LogP contribution in [0.2, 0.25) is 0 Å². The molecule has 0 bridgehead atoms. The van der Waals surface area contributed by atoms with E-state index in [0.717, 1.165) is 44.9 Å². The molecule has 0 atom stereocenters. The van der Waals surface area contributed by atoms with Gasteiger partial charge in [0.25, 0.3) is 0 Å². The van der Waals surface area contributed by atoms with Gasteiger partial charge in [-0.15, -0.1) is 0 Å². The van der Waals surface area contributed by atoms with Crippen molar-refractivity contribution in [2.75, 3.05) is 0 Å². The first-order chi connectivity index (χ1) is 13.2. The molecule has 1 aliphatic carbocycles. The summed E-state index contributed by atoms with van der Waals surface area (Å²) in [7, 11) is 0. The van der Waals surface area contributed by atoms with Crippen molar-refractivity contribution in [2.45, 2.75) is 64.7 Å². The van der Waals surface area contributed by atoms with Gasteiger partial charge in [-0.1, -0.05) is 43.7 Å². The van der Waals surface area contributed by atoms with Gasteiger partial charge in [-0.05, 0) is 75.0 Å². The van der Waals surface area contributed by atoms with E-state index in [1.54, 1.807) is 6.08 Å². The molecule has 3 heteroatoms. The van der Waals surface area contributed by atoms with Gasteiger partial charge in [0.1, 0.15) is 5.75 Å². The maximum absolute atomic E-state index is 12.4. The maximum atomic E-state index is 12.4. The normalized spacial score (nSPS) is 20.0. The van der Waals surface area contributed by atoms with Crippen LogP contribution in [-0.2, 0) is 11.2 Å². The summed E-state index contributed by atoms with van der Waals surface area (Å²) in [4.78, 5) is 12.4. The van der Waals surface area contributed by atoms with E-state index in [2.05, 4.69) is 25.1 Å². The third-order valence-corrected chi connectivity index (χ3v) is 5.30. The highest BCUT2D eigenvalue weighted by atomic mass is 16.5. The standard InChI is InChI=1S/C24H31NO2/c1-2-3-9-20-13-17-23(18-14-20)27-24(26)22-15-11-21(12-16-22)10-7-5-4-6-8-19-25/h4-6,8,13-14,17-18,21-22H,2-3,7,9-12,15-16H2,1H3. The predicted molar refractivity (Wildman–Crippen MR) is 109 cm³/mol. The van der Waals surface area contributed by atoms with Gasteiger partial charge < -0.3 is 4.74 Å². The molecule has 0 amide bonds. The molecule has 2 rings (SSSR count). The Balaban J connectivity index is 1.69. The number of allylic oxidation sites excluding steroid dienone is 4. The van der Waals surface area contributed by atoms with Crippen molar-refractivity contribution >= 4 is 5.97 Å². The van der Waals surface area contributed by atoms with Crippen molar-refractivity contribution in [2.24, 2.45) is 11.8 Å². The summed E-state index contributed by atoms with van der Waals surface area (Å²) in [5.41, 5.74) is 1.30. The molecule has 0 spiro atoms. The fourth-order valence-corrected chi connectivity index (χ4v) is 3.60. The number of unbranched alkanes of at least 4 members (excludes halogenated alkanes) is 1. The van der Waals surface area contributed by atoms with Crippen molar-refractivity contribution in [3.05, 3.63) is 54.1 Å². The van der Waals surface area contributed by atoms with E-state index < -0.39 is 0 Å². The Bertz CT molecular complexity index is 659. The second kappa shape index (κ2) is 12.1. The number of carbonyl (C=O) groups is 1. The molecule has 0 heterocycles. The van der Waals surface area contributed by atoms with Gasteiger partial charge in [-0.2, -0.15) is 5.26 Å². The average Bonchev–Trinajstić information content (AvgIpc) is 2.70. The number of carbonyl (C=O) groups excluding carboxylic acids is 1. The number of esters is 1. The molecular weight excluding hydrogens is 334 g/mol. The number of benzene rings is 1. The lowest BCUT2D eigenvalue weighted by molar-refractivity contribution is -0.140. The highest BCUT2D eigenvalue weighted by Crippen LogP contribution is 2.32. The van der Waals surface area contributed by atoms with Crippen LogP contribution in [-0.4, -0.2) is 5.97 Å². The van der Waals surface area contributed by atoms with Gasteiger partial charge in [0.05, 0.1) is 12.0 Å². The summed E-state index contributed by atoms with van der Waals surface area (Å²) in [5.74, 6) is 1.32. The second-order valence-corrected chi connectivity index (χ2v) is 7.38. The van der Waals surface area contributed by atoms with Gasteiger partial charge in [-0.3, -0.25) is 4.79 Å². The number of ether oxygens (including phenoxy) is 1. The van der Waals surface area contributed by atoms with Gasteiger partial charge in [-0.25, -0.2) is 0 Å². The third-order valence-electron chi connectivity index (χ3n) is 5.30. The van der Waals surface area contributed by atoms with Gasteiger partial charge in [0.15, 0.2) is 0 Å². The molecule has 0 N–H and O–H groups in total. The monoisotopic (exact) mass is 365 g/mol. The van der Waals surface area contributed by atoms with Crippen LogP contribution in [0.1, 0.15) is 63.9 Å². The highest BCUT2D eigenvalue weighted by molar-refractivity contribution is 5.75. The lowest BCUT2D eigenvalue weighted by Gasteiger charge is -2.26. The van der Waals surface area contributed by atoms with Crippen LogP contribution in [0.4, 0.5) is 0 Å². The summed E-state index contributed by atoms with van der Waals surface area (Å²) < 4.78 is 5.60. The van der Waals surface area contributed by atoms with E-state index in [0.29, 0.717) is 11.7 Å². The minimum absolute atomic E-state index is 0.0371. The zero-order chi connectivity index (χ0) is 19.3. The molecule has 1 saturated carbocycles. The first-order valence-electron chi connectivity index (χ1n) is 10.2. The van der Waals surface area contributed by atoms with Crippen LogP contribution in [0, 0.1) is 23.2 Å². The smallest absolute Gasteiger partial charge is 0.314 e. The second-order valence-electron chi connectivity index (χ2n) is 7.38. The van der Waals surface area contributed by atoms with Crippen LogP contribution in [0.3, 0.4) is 0 Å². The molecule has 144 valence electrons. The van der Waals surface area contributed by atoms with Crippen LogP contribution in [0.5, 0.6) is 5.75 Å². The summed E-state index contributed by atoms with van der Waals surface area (Å²) in [6.07, 6.45) is 17.0. The van der Waals surface area contributed by atoms with Crippen LogP contribution < -0.4 is 4.74 Å². The largest absolute Gasteiger partial charge is 0.426 e. The predicted octanol–water partition coefficient (Wildman–Crippen LogP) is 6.16. The number of hydrogen-bond donors (Lipinski definition) is 0. The van der Waals surface area contributed by atoms with E-state index >= 15 is 0 Å². The topological polar surface area (TPSA) is 50.1 Å². The van der Waals surface area contributed by atoms with E-state index in [1.165, 1.54) is 24.5 Å². The number of aryl methyl sites for hydroxylation is 1. The molecule has 27 heavy (non-hydrogen) atoms. The number of nitriles is 1. The summed E-state index contributed by atoms with van der Waals surface area (Å²) in [5, 5.41) is 8.42. The summed E-state index contributed by atoms with van der Waals surface area (Å²) in [6.45, 7) is 2.19. The quantitative estimate of drug-likeness (QED) is 0.228. The van der Waals surface area contributed by atoms with Gasteiger partial charge in [0, 0.05) is 6.08 Å². The van der Waals surface area contributed by atoms with Crippen molar-refractivity contribution in [1.29, 1.82) is 5.26 Å². The Labute approximate surface area is 163 Å². The zero-order valence-electron chi connectivity index (χ0n) is 16.4. The van der Waals surface area contributed by atoms with Crippen molar-refractivity contribution in [1.82, 2.24) is 0 Å². The third kappa shape index (κ3) is 7.83. The molecule has 3 nitrogen and oxygen atoms in total. The zero-order valence-corrected chi connectivity index (χ0v) is 16.4. The lowest BCUT2D eigenvalue weighted by atomic mass is 9.80. The Morgan fingerprint density at radius 3 is 2.59 bits per heavy atom. The minimum Gasteiger partial charge on any atom is -0.426 e. The first-order valence-corrected chi connectivity index (χ1v) is 10.2. The average molecular weight is 366 g/mol. The van der Waals surface area contributed by atoms with E-state index in [9.17, 15) is 4.79 Å². The summed E-state index contributed by atoms with van der Waals surface area (Å²) >= 11 is 0. The molecule has 0 aromatic heterocycles. The molecule has 1 fully saturated rings. The van der Waals surface area contributed by atoms with Crippen molar-refractivity contribution in [3.8, 4) is 11.8 Å². The van der Waals surface area contributed by atoms with E-state index in [1.807, 2.05) is 24.3 Å². The number of hydrogen-bond acceptors (Lipinski definition) is 3. The first kappa shape index (κ1) is 21.0. The van der Waals surface area contributed by atoms with Crippen LogP contribution >= 0.6 is 0 Å². The fraction of sp³-hybridized carbons (Fsp3) is 0.500. The SMILES string of the molecule is CCCCc1ccc(OC(=O)C2CCC(CCC=CC=CC#N)CC2)cc1. The Morgan fingerprint density at radius 1 is 1.19 bits per heavy atom. The van der Waals surface area contributed by atoms with E-state index in [-0.39, 0.29) is 11.9 Å². The maximum Gasteiger partial charge on any atom is 0.314 e. The Kier molecular flexibility index (Phi) is 9.41. The molecule has 0 saturated heterocycles. The highest BCUT2D eigenvalue weighted by Gasteiger charge is 2.27. The molecule has 1 aromatic rings. The van der Waals surface area contributed by atoms with Crippen LogP contribution in [0.25, 0.3) is 0 Å². The lowest BCUT2D eigenvalue weighted by Crippen LogP contribution is -2.25. The molecular formula is C24H31NO2. The number of rotatable bonds is 9. The van der Waals surface area contributed by atoms with Crippen LogP contribution in [0.15, 0.2) is 48.6 Å². The molecule has 0 radical (unpaired) electrons. The minimum atomic E-state index is -0.0729. The molecule has 1 aromatic carbocycles. The molecule has 0 unspecified atom stereocenters. The van der Waals surface area contributed by atoms with Gasteiger partial charge in [0.2, 0.25) is 0 Å². The van der Waals surface area contributed by atoms with E-state index in [4.69, 9.17) is 10.00 Å². The van der Waals surface area contributed by atoms with Crippen molar-refractivity contribution in [3.63, 3.8) is 0 Å². The number of nitrogens with zero attached hydrogens (tertiary/aromatic N) is 1. The molecule has 0 aliphatic heterocycles. The molecule has 1 aliphatic rings. The fourth-order valence-electron chi connectivity index (χ4n) is 3.60. The Hall–Kier alpha value is -2.34. The van der Waals surface area contributed by atoms with Crippen molar-refractivity contribution < 1.29 is 9.53 Å². The Morgan fingerprint density at radius 2 is 1.93 bits per heavy atom. The van der Waals surface area contributed by atoms with Gasteiger partial charge >= 0.3 is 5.97 Å². The summed E-state index contributed by atoms with van der Waals surface area (Å²) in [6, 6.07) is 9.94.